The number of nitrogens with one attached hydrogen (secondary N) is 3. The van der Waals surface area contributed by atoms with Crippen molar-refractivity contribution in [3.63, 3.8) is 0 Å². The van der Waals surface area contributed by atoms with Gasteiger partial charge in [-0.2, -0.15) is 39.5 Å². The number of carbonyl (C=O) groups is 3. The van der Waals surface area contributed by atoms with Gasteiger partial charge in [0.2, 0.25) is 5.91 Å². The molecule has 12 nitrogen and oxygen atoms in total. The summed E-state index contributed by atoms with van der Waals surface area (Å²) in [5.74, 6) is -4.49. The van der Waals surface area contributed by atoms with E-state index >= 15 is 0 Å². The Hall–Kier alpha value is -6.12. The molecule has 0 atom stereocenters. The van der Waals surface area contributed by atoms with Crippen LogP contribution >= 0.6 is 11.6 Å². The molecule has 0 saturated heterocycles. The van der Waals surface area contributed by atoms with Gasteiger partial charge >= 0.3 is 30.5 Å². The van der Waals surface area contributed by atoms with E-state index in [1.54, 1.807) is 36.7 Å². The number of carboxylic acid groups (broad SMARTS) is 2. The van der Waals surface area contributed by atoms with Crippen LogP contribution in [0.1, 0.15) is 23.1 Å². The highest BCUT2D eigenvalue weighted by atomic mass is 35.5. The van der Waals surface area contributed by atoms with Crippen molar-refractivity contribution >= 4 is 52.8 Å². The third kappa shape index (κ3) is 14.0. The van der Waals surface area contributed by atoms with Gasteiger partial charge in [-0.3, -0.25) is 9.78 Å². The van der Waals surface area contributed by atoms with E-state index in [4.69, 9.17) is 36.1 Å². The average Bonchev–Trinajstić information content (AvgIpc) is 3.33. The van der Waals surface area contributed by atoms with Crippen molar-refractivity contribution in [1.82, 2.24) is 20.3 Å². The third-order valence-electron chi connectivity index (χ3n) is 6.70. The quantitative estimate of drug-likeness (QED) is 0.109. The van der Waals surface area contributed by atoms with Crippen LogP contribution in [0.15, 0.2) is 78.9 Å². The molecule has 5 N–H and O–H groups in total. The lowest BCUT2D eigenvalue weighted by Gasteiger charge is -2.14. The van der Waals surface area contributed by atoms with Gasteiger partial charge in [-0.15, -0.1) is 0 Å². The van der Waals surface area contributed by atoms with E-state index in [0.29, 0.717) is 54.4 Å². The van der Waals surface area contributed by atoms with Gasteiger partial charge in [0.25, 0.3) is 0 Å². The second-order valence-corrected chi connectivity index (χ2v) is 11.1. The summed E-state index contributed by atoms with van der Waals surface area (Å²) in [5, 5.41) is 23.8. The van der Waals surface area contributed by atoms with E-state index in [9.17, 15) is 44.3 Å². The number of hydrogen-bond donors (Lipinski definition) is 5. The predicted molar refractivity (Wildman–Crippen MR) is 178 cm³/mol. The zero-order valence-corrected chi connectivity index (χ0v) is 28.2. The van der Waals surface area contributed by atoms with Crippen molar-refractivity contribution < 1.29 is 68.8 Å². The normalized spacial score (nSPS) is 12.4. The number of aromatic nitrogens is 3. The summed E-state index contributed by atoms with van der Waals surface area (Å²) >= 11 is 6.40. The maximum atomic E-state index is 13.0. The van der Waals surface area contributed by atoms with Crippen LogP contribution in [0.3, 0.4) is 0 Å². The smallest absolute Gasteiger partial charge is 0.475 e. The molecule has 1 aliphatic heterocycles. The van der Waals surface area contributed by atoms with Crippen LogP contribution in [0.5, 0.6) is 11.5 Å². The lowest BCUT2D eigenvalue weighted by Crippen LogP contribution is -2.27. The Bertz CT molecular complexity index is 1970. The Morgan fingerprint density at radius 1 is 0.873 bits per heavy atom. The molecular formula is C33H26ClF9N6O6. The molecule has 0 radical (unpaired) electrons. The molecule has 0 bridgehead atoms. The van der Waals surface area contributed by atoms with Gasteiger partial charge in [0.05, 0.1) is 16.1 Å². The zero-order valence-electron chi connectivity index (χ0n) is 27.5. The molecule has 55 heavy (non-hydrogen) atoms. The molecule has 294 valence electrons. The number of hydrogen-bond acceptors (Lipinski definition) is 9. The first-order valence-electron chi connectivity index (χ1n) is 15.1. The van der Waals surface area contributed by atoms with E-state index in [2.05, 4.69) is 30.9 Å². The molecule has 5 rings (SSSR count). The highest BCUT2D eigenvalue weighted by Crippen LogP contribution is 2.36. The Labute approximate surface area is 309 Å². The summed E-state index contributed by atoms with van der Waals surface area (Å²) in [7, 11) is 0. The number of rotatable bonds is 8. The molecule has 0 fully saturated rings. The second kappa shape index (κ2) is 18.8. The van der Waals surface area contributed by atoms with Gasteiger partial charge in [0, 0.05) is 36.7 Å². The predicted octanol–water partition coefficient (Wildman–Crippen LogP) is 7.90. The van der Waals surface area contributed by atoms with Crippen molar-refractivity contribution in [2.75, 3.05) is 23.7 Å². The van der Waals surface area contributed by atoms with Gasteiger partial charge in [0.15, 0.2) is 0 Å². The highest BCUT2D eigenvalue weighted by Gasteiger charge is 2.39. The van der Waals surface area contributed by atoms with Gasteiger partial charge in [-0.25, -0.2) is 19.6 Å². The number of fused-ring (bicyclic) bond motifs is 1. The minimum Gasteiger partial charge on any atom is -0.475 e. The summed E-state index contributed by atoms with van der Waals surface area (Å²) < 4.78 is 108. The molecule has 2 aromatic heterocycles. The van der Waals surface area contributed by atoms with Crippen molar-refractivity contribution in [3.05, 3.63) is 101 Å². The number of pyridine rings is 1. The molecule has 0 saturated carbocycles. The monoisotopic (exact) mass is 808 g/mol. The van der Waals surface area contributed by atoms with Gasteiger partial charge < -0.3 is 30.9 Å². The van der Waals surface area contributed by atoms with Crippen LogP contribution in [0.4, 0.5) is 56.8 Å². The molecule has 1 amide bonds. The molecule has 0 spiro atoms. The topological polar surface area (TPSA) is 176 Å². The summed E-state index contributed by atoms with van der Waals surface area (Å²) in [6, 6.07) is 13.1. The number of halogens is 10. The number of nitrogens with zero attached hydrogens (tertiary/aromatic N) is 3. The summed E-state index contributed by atoms with van der Waals surface area (Å²) in [4.78, 5) is 43.4. The number of amides is 1. The minimum atomic E-state index is -5.08. The average molecular weight is 809 g/mol. The van der Waals surface area contributed by atoms with Crippen LogP contribution in [0.2, 0.25) is 5.02 Å². The van der Waals surface area contributed by atoms with Gasteiger partial charge in [0.1, 0.15) is 29.5 Å². The Balaban J connectivity index is 0.000000494. The Morgan fingerprint density at radius 3 is 2.09 bits per heavy atom. The molecule has 22 heteroatoms. The van der Waals surface area contributed by atoms with E-state index in [1.165, 1.54) is 18.5 Å². The Morgan fingerprint density at radius 2 is 1.51 bits per heavy atom. The number of alkyl halides is 9. The Kier molecular flexibility index (Phi) is 14.8. The summed E-state index contributed by atoms with van der Waals surface area (Å²) in [5.41, 5.74) is 1.98. The van der Waals surface area contributed by atoms with E-state index in [-0.39, 0.29) is 22.4 Å². The lowest BCUT2D eigenvalue weighted by molar-refractivity contribution is -0.193. The number of ether oxygens (including phenoxy) is 1. The van der Waals surface area contributed by atoms with Crippen LogP contribution in [0.25, 0.3) is 6.08 Å². The first-order chi connectivity index (χ1) is 25.6. The van der Waals surface area contributed by atoms with E-state index in [0.717, 1.165) is 17.7 Å². The molecule has 3 heterocycles. The van der Waals surface area contributed by atoms with Crippen LogP contribution in [-0.2, 0) is 27.0 Å². The van der Waals surface area contributed by atoms with Crippen LogP contribution in [0, 0.1) is 0 Å². The standard InChI is InChI=1S/C29H24ClF3N6O2.2C2HF3O2/c30-24-16-21(4-5-25(24)41-22-3-1-2-20(15-22)29(31,32)33)39-27-23-14-19(9-13-35-26(23)37-17-38-27)28(40)36-12-8-18-6-10-34-11-7-18;2*3-2(4,5)1(6)7/h1-7,10-11,14-17H,8-9,12-13H2,(H,36,40)(H2,35,37,38,39);2*(H,6,7). The number of anilines is 3. The molecule has 2 aromatic carbocycles. The fourth-order valence-electron chi connectivity index (χ4n) is 4.16. The summed E-state index contributed by atoms with van der Waals surface area (Å²) in [6.45, 7) is 0.991. The molecular weight excluding hydrogens is 783 g/mol. The van der Waals surface area contributed by atoms with E-state index in [1.807, 2.05) is 12.1 Å². The number of benzene rings is 2. The first-order valence-corrected chi connectivity index (χ1v) is 15.5. The lowest BCUT2D eigenvalue weighted by atomic mass is 10.1. The molecule has 1 aliphatic rings. The largest absolute Gasteiger partial charge is 0.490 e. The van der Waals surface area contributed by atoms with E-state index < -0.39 is 36.0 Å². The fraction of sp³-hybridized carbons (Fsp3) is 0.212. The maximum Gasteiger partial charge on any atom is 0.490 e. The van der Waals surface area contributed by atoms with Crippen molar-refractivity contribution in [2.45, 2.75) is 31.4 Å². The van der Waals surface area contributed by atoms with Crippen molar-refractivity contribution in [1.29, 1.82) is 0 Å². The van der Waals surface area contributed by atoms with Gasteiger partial charge in [-0.05, 0) is 73.0 Å². The summed E-state index contributed by atoms with van der Waals surface area (Å²) in [6.07, 6.45) is -6.90. The maximum absolute atomic E-state index is 13.0. The van der Waals surface area contributed by atoms with Crippen molar-refractivity contribution in [2.24, 2.45) is 0 Å². The molecule has 0 unspecified atom stereocenters. The zero-order chi connectivity index (χ0) is 41.0. The second-order valence-electron chi connectivity index (χ2n) is 10.7. The first kappa shape index (κ1) is 43.3. The fourth-order valence-corrected chi connectivity index (χ4v) is 4.38. The number of carboxylic acids is 2. The molecule has 0 aliphatic carbocycles. The molecule has 4 aromatic rings. The SMILES string of the molecule is O=C(NCCc1ccncc1)C1=Cc2c(ncnc2Nc2ccc(Oc3cccc(C(F)(F)F)c3)c(Cl)c2)NCC1.O=C(O)C(F)(F)F.O=C(O)C(F)(F)F. The highest BCUT2D eigenvalue weighted by molar-refractivity contribution is 6.32. The number of carbonyl (C=O) groups excluding carboxylic acids is 1. The van der Waals surface area contributed by atoms with Gasteiger partial charge in [-0.1, -0.05) is 17.7 Å². The van der Waals surface area contributed by atoms with Crippen molar-refractivity contribution in [3.8, 4) is 11.5 Å². The number of aliphatic carboxylic acids is 2. The van der Waals surface area contributed by atoms with Crippen LogP contribution in [-0.4, -0.2) is 68.5 Å². The third-order valence-corrected chi connectivity index (χ3v) is 6.99. The minimum absolute atomic E-state index is 0.00588. The van der Waals surface area contributed by atoms with Crippen LogP contribution < -0.4 is 20.7 Å².